The zero-order valence-corrected chi connectivity index (χ0v) is 9.98. The topological polar surface area (TPSA) is 49.3 Å². The van der Waals surface area contributed by atoms with Gasteiger partial charge in [-0.3, -0.25) is 4.79 Å². The number of hydrogen-bond donors (Lipinski definition) is 2. The number of carboxylic acids is 1. The largest absolute Gasteiger partial charge is 0.481 e. The van der Waals surface area contributed by atoms with E-state index < -0.39 is 11.4 Å². The van der Waals surface area contributed by atoms with Gasteiger partial charge < -0.3 is 10.4 Å². The maximum atomic E-state index is 10.9. The molecule has 0 saturated heterocycles. The molecule has 14 heavy (non-hydrogen) atoms. The fourth-order valence-electron chi connectivity index (χ4n) is 1.01. The third kappa shape index (κ3) is 3.66. The van der Waals surface area contributed by atoms with E-state index in [1.54, 1.807) is 13.8 Å². The van der Waals surface area contributed by atoms with E-state index in [4.69, 9.17) is 5.11 Å². The predicted molar refractivity (Wildman–Crippen MR) is 58.4 cm³/mol. The van der Waals surface area contributed by atoms with Gasteiger partial charge in [0.25, 0.3) is 0 Å². The van der Waals surface area contributed by atoms with Crippen LogP contribution in [0, 0.1) is 5.41 Å². The highest BCUT2D eigenvalue weighted by molar-refractivity contribution is 5.73. The Hall–Kier alpha value is -0.570. The summed E-state index contributed by atoms with van der Waals surface area (Å²) in [6.07, 6.45) is 2.03. The van der Waals surface area contributed by atoms with Crippen LogP contribution in [-0.2, 0) is 4.79 Å². The second-order valence-corrected chi connectivity index (χ2v) is 4.81. The van der Waals surface area contributed by atoms with E-state index in [0.29, 0.717) is 6.54 Å². The highest BCUT2D eigenvalue weighted by Gasteiger charge is 2.30. The van der Waals surface area contributed by atoms with Gasteiger partial charge in [0.2, 0.25) is 0 Å². The van der Waals surface area contributed by atoms with Crippen LogP contribution in [0.15, 0.2) is 0 Å². The van der Waals surface area contributed by atoms with Crippen molar-refractivity contribution in [2.45, 2.75) is 53.0 Å². The normalized spacial score (nSPS) is 12.9. The van der Waals surface area contributed by atoms with E-state index in [1.165, 1.54) is 0 Å². The maximum absolute atomic E-state index is 10.9. The summed E-state index contributed by atoms with van der Waals surface area (Å²) in [6, 6.07) is 0. The highest BCUT2D eigenvalue weighted by atomic mass is 16.4. The second kappa shape index (κ2) is 4.78. The Morgan fingerprint density at radius 3 is 1.93 bits per heavy atom. The van der Waals surface area contributed by atoms with Gasteiger partial charge in [-0.2, -0.15) is 0 Å². The van der Waals surface area contributed by atoms with E-state index in [0.717, 1.165) is 12.8 Å². The molecular weight excluding hydrogens is 178 g/mol. The molecule has 0 amide bonds. The van der Waals surface area contributed by atoms with Crippen LogP contribution in [0.5, 0.6) is 0 Å². The molecular formula is C11H23NO2. The lowest BCUT2D eigenvalue weighted by atomic mass is 9.89. The molecule has 0 fully saturated rings. The molecule has 3 heteroatoms. The summed E-state index contributed by atoms with van der Waals surface area (Å²) in [5.41, 5.74) is -0.627. The molecule has 84 valence electrons. The minimum Gasteiger partial charge on any atom is -0.481 e. The van der Waals surface area contributed by atoms with Crippen LogP contribution < -0.4 is 5.32 Å². The Bertz CT molecular complexity index is 195. The Kier molecular flexibility index (Phi) is 4.59. The van der Waals surface area contributed by atoms with Gasteiger partial charge in [0, 0.05) is 12.1 Å². The minimum atomic E-state index is -0.750. The molecule has 0 unspecified atom stereocenters. The summed E-state index contributed by atoms with van der Waals surface area (Å²) in [4.78, 5) is 10.9. The van der Waals surface area contributed by atoms with Crippen molar-refractivity contribution >= 4 is 5.97 Å². The Morgan fingerprint density at radius 1 is 1.21 bits per heavy atom. The van der Waals surface area contributed by atoms with Gasteiger partial charge in [0.15, 0.2) is 0 Å². The molecule has 0 spiro atoms. The summed E-state index contributed by atoms with van der Waals surface area (Å²) in [6.45, 7) is 10.4. The summed E-state index contributed by atoms with van der Waals surface area (Å²) in [5.74, 6) is -0.750. The molecule has 0 rings (SSSR count). The van der Waals surface area contributed by atoms with Crippen molar-refractivity contribution in [3.63, 3.8) is 0 Å². The Labute approximate surface area is 86.9 Å². The molecule has 0 bridgehead atoms. The Morgan fingerprint density at radius 2 is 1.64 bits per heavy atom. The number of carboxylic acid groups (broad SMARTS) is 1. The molecule has 3 nitrogen and oxygen atoms in total. The van der Waals surface area contributed by atoms with Crippen LogP contribution in [0.3, 0.4) is 0 Å². The fourth-order valence-corrected chi connectivity index (χ4v) is 1.01. The van der Waals surface area contributed by atoms with Crippen LogP contribution in [0.2, 0.25) is 0 Å². The maximum Gasteiger partial charge on any atom is 0.310 e. The molecule has 0 aromatic carbocycles. The second-order valence-electron chi connectivity index (χ2n) is 4.81. The molecule has 0 saturated carbocycles. The lowest BCUT2D eigenvalue weighted by Gasteiger charge is -2.32. The molecule has 0 aromatic heterocycles. The predicted octanol–water partition coefficient (Wildman–Crippen LogP) is 2.27. The lowest BCUT2D eigenvalue weighted by Crippen LogP contribution is -2.47. The first-order valence-corrected chi connectivity index (χ1v) is 5.26. The lowest BCUT2D eigenvalue weighted by molar-refractivity contribution is -0.146. The minimum absolute atomic E-state index is 0.0622. The zero-order valence-electron chi connectivity index (χ0n) is 9.98. The van der Waals surface area contributed by atoms with Crippen LogP contribution in [0.4, 0.5) is 0 Å². The third-order valence-corrected chi connectivity index (χ3v) is 3.10. The summed E-state index contributed by atoms with van der Waals surface area (Å²) in [7, 11) is 0. The number of rotatable bonds is 6. The van der Waals surface area contributed by atoms with E-state index in [1.807, 2.05) is 0 Å². The zero-order chi connectivity index (χ0) is 11.4. The van der Waals surface area contributed by atoms with E-state index in [-0.39, 0.29) is 5.54 Å². The number of carbonyl (C=O) groups is 1. The van der Waals surface area contributed by atoms with Gasteiger partial charge in [0.1, 0.15) is 0 Å². The number of hydrogen-bond acceptors (Lipinski definition) is 2. The van der Waals surface area contributed by atoms with Crippen LogP contribution >= 0.6 is 0 Å². The van der Waals surface area contributed by atoms with Crippen molar-refractivity contribution in [1.82, 2.24) is 5.32 Å². The van der Waals surface area contributed by atoms with Crippen molar-refractivity contribution in [2.24, 2.45) is 5.41 Å². The van der Waals surface area contributed by atoms with E-state index >= 15 is 0 Å². The molecule has 2 N–H and O–H groups in total. The van der Waals surface area contributed by atoms with Crippen LogP contribution in [0.25, 0.3) is 0 Å². The van der Waals surface area contributed by atoms with Crippen molar-refractivity contribution in [1.29, 1.82) is 0 Å². The van der Waals surface area contributed by atoms with Gasteiger partial charge in [-0.25, -0.2) is 0 Å². The number of aliphatic carboxylic acids is 1. The first kappa shape index (κ1) is 13.4. The molecule has 0 aliphatic rings. The average Bonchev–Trinajstić information content (AvgIpc) is 2.14. The monoisotopic (exact) mass is 201 g/mol. The van der Waals surface area contributed by atoms with Crippen molar-refractivity contribution in [3.05, 3.63) is 0 Å². The van der Waals surface area contributed by atoms with Gasteiger partial charge in [-0.15, -0.1) is 0 Å². The van der Waals surface area contributed by atoms with E-state index in [2.05, 4.69) is 26.1 Å². The first-order chi connectivity index (χ1) is 6.27. The summed E-state index contributed by atoms with van der Waals surface area (Å²) in [5, 5.41) is 12.3. The fraction of sp³-hybridized carbons (Fsp3) is 0.909. The van der Waals surface area contributed by atoms with Gasteiger partial charge in [0.05, 0.1) is 5.41 Å². The molecule has 0 aromatic rings. The third-order valence-electron chi connectivity index (χ3n) is 3.10. The highest BCUT2D eigenvalue weighted by Crippen LogP contribution is 2.19. The van der Waals surface area contributed by atoms with Crippen molar-refractivity contribution in [2.75, 3.05) is 6.54 Å². The standard InChI is InChI=1S/C11H23NO2/c1-6-11(5,7-2)12-8-10(3,4)9(13)14/h12H,6-8H2,1-5H3,(H,13,14). The quantitative estimate of drug-likeness (QED) is 0.693. The van der Waals surface area contributed by atoms with E-state index in [9.17, 15) is 4.79 Å². The van der Waals surface area contributed by atoms with Crippen LogP contribution in [0.1, 0.15) is 47.5 Å². The molecule has 0 aliphatic carbocycles. The van der Waals surface area contributed by atoms with Gasteiger partial charge >= 0.3 is 5.97 Å². The van der Waals surface area contributed by atoms with Gasteiger partial charge in [-0.05, 0) is 33.6 Å². The number of nitrogens with one attached hydrogen (secondary N) is 1. The van der Waals surface area contributed by atoms with Crippen LogP contribution in [-0.4, -0.2) is 23.2 Å². The van der Waals surface area contributed by atoms with Crippen molar-refractivity contribution < 1.29 is 9.90 Å². The molecule has 0 heterocycles. The smallest absolute Gasteiger partial charge is 0.310 e. The average molecular weight is 201 g/mol. The SMILES string of the molecule is CCC(C)(CC)NCC(C)(C)C(=O)O. The summed E-state index contributed by atoms with van der Waals surface area (Å²) < 4.78 is 0. The molecule has 0 radical (unpaired) electrons. The molecule has 0 atom stereocenters. The van der Waals surface area contributed by atoms with Crippen molar-refractivity contribution in [3.8, 4) is 0 Å². The Balaban J connectivity index is 4.23. The molecule has 0 aliphatic heterocycles. The first-order valence-electron chi connectivity index (χ1n) is 5.26. The van der Waals surface area contributed by atoms with Gasteiger partial charge in [-0.1, -0.05) is 13.8 Å². The summed E-state index contributed by atoms with van der Waals surface area (Å²) >= 11 is 0.